The van der Waals surface area contributed by atoms with E-state index in [9.17, 15) is 4.79 Å². The predicted molar refractivity (Wildman–Crippen MR) is 149 cm³/mol. The van der Waals surface area contributed by atoms with E-state index in [1.54, 1.807) is 48.7 Å². The van der Waals surface area contributed by atoms with Gasteiger partial charge in [-0.25, -0.2) is 9.97 Å². The van der Waals surface area contributed by atoms with E-state index < -0.39 is 0 Å². The average molecular weight is 509 g/mol. The van der Waals surface area contributed by atoms with Crippen LogP contribution in [0.25, 0.3) is 11.0 Å². The Kier molecular flexibility index (Phi) is 7.28. The van der Waals surface area contributed by atoms with E-state index in [0.29, 0.717) is 33.4 Å². The maximum Gasteiger partial charge on any atom is 0.255 e. The lowest BCUT2D eigenvalue weighted by molar-refractivity contribution is 0.102. The van der Waals surface area contributed by atoms with E-state index in [-0.39, 0.29) is 5.91 Å². The van der Waals surface area contributed by atoms with Crippen LogP contribution in [0.15, 0.2) is 97.2 Å². The van der Waals surface area contributed by atoms with Crippen LogP contribution in [0.5, 0.6) is 11.5 Å². The lowest BCUT2D eigenvalue weighted by Gasteiger charge is -2.15. The molecule has 2 heterocycles. The van der Waals surface area contributed by atoms with Gasteiger partial charge in [-0.05, 0) is 73.2 Å². The van der Waals surface area contributed by atoms with Crippen molar-refractivity contribution >= 4 is 45.6 Å². The molecule has 0 bridgehead atoms. The quantitative estimate of drug-likeness (QED) is 0.222. The SMILES string of the molecule is CCCc1ccc2c(Nc3cc(Cl)ccc3Oc3cccc(C(=O)Nc4ccccc4)c3)ccnc2n1. The normalized spacial score (nSPS) is 10.8. The fourth-order valence-corrected chi connectivity index (χ4v) is 4.13. The van der Waals surface area contributed by atoms with Crippen molar-refractivity contribution in [3.8, 4) is 11.5 Å². The van der Waals surface area contributed by atoms with Gasteiger partial charge in [0.05, 0.1) is 11.4 Å². The van der Waals surface area contributed by atoms with E-state index in [1.807, 2.05) is 48.5 Å². The highest BCUT2D eigenvalue weighted by Gasteiger charge is 2.12. The van der Waals surface area contributed by atoms with Crippen LogP contribution < -0.4 is 15.4 Å². The summed E-state index contributed by atoms with van der Waals surface area (Å²) in [7, 11) is 0. The molecule has 2 N–H and O–H groups in total. The maximum absolute atomic E-state index is 12.8. The number of hydrogen-bond acceptors (Lipinski definition) is 5. The number of aromatic nitrogens is 2. The number of carbonyl (C=O) groups is 1. The molecule has 2 aromatic heterocycles. The van der Waals surface area contributed by atoms with Crippen LogP contribution in [-0.4, -0.2) is 15.9 Å². The predicted octanol–water partition coefficient (Wildman–Crippen LogP) is 8.02. The van der Waals surface area contributed by atoms with E-state index >= 15 is 0 Å². The van der Waals surface area contributed by atoms with Crippen LogP contribution in [0.2, 0.25) is 5.02 Å². The number of nitrogens with one attached hydrogen (secondary N) is 2. The Balaban J connectivity index is 1.40. The maximum atomic E-state index is 12.8. The summed E-state index contributed by atoms with van der Waals surface area (Å²) in [6.45, 7) is 2.13. The molecule has 0 unspecified atom stereocenters. The molecule has 0 saturated carbocycles. The molecule has 5 aromatic rings. The summed E-state index contributed by atoms with van der Waals surface area (Å²) in [5.74, 6) is 0.867. The first-order chi connectivity index (χ1) is 18.1. The fraction of sp³-hybridized carbons (Fsp3) is 0.100. The number of anilines is 3. The fourth-order valence-electron chi connectivity index (χ4n) is 3.96. The van der Waals surface area contributed by atoms with Crippen molar-refractivity contribution in [1.29, 1.82) is 0 Å². The molecule has 0 aliphatic carbocycles. The number of rotatable bonds is 8. The number of halogens is 1. The topological polar surface area (TPSA) is 76.1 Å². The van der Waals surface area contributed by atoms with Crippen molar-refractivity contribution < 1.29 is 9.53 Å². The summed E-state index contributed by atoms with van der Waals surface area (Å²) in [5.41, 5.74) is 4.42. The number of benzene rings is 3. The van der Waals surface area contributed by atoms with E-state index in [0.717, 1.165) is 35.3 Å². The second-order valence-electron chi connectivity index (χ2n) is 8.50. The Morgan fingerprint density at radius 3 is 2.62 bits per heavy atom. The average Bonchev–Trinajstić information content (AvgIpc) is 2.91. The summed E-state index contributed by atoms with van der Waals surface area (Å²) in [6.07, 6.45) is 3.66. The molecular formula is C30H25ClN4O2. The first-order valence-electron chi connectivity index (χ1n) is 12.0. The Bertz CT molecular complexity index is 1560. The molecule has 7 heteroatoms. The smallest absolute Gasteiger partial charge is 0.255 e. The molecular weight excluding hydrogens is 484 g/mol. The summed E-state index contributed by atoms with van der Waals surface area (Å²) >= 11 is 6.33. The minimum atomic E-state index is -0.218. The highest BCUT2D eigenvalue weighted by atomic mass is 35.5. The van der Waals surface area contributed by atoms with E-state index in [1.165, 1.54) is 0 Å². The van der Waals surface area contributed by atoms with Gasteiger partial charge in [-0.1, -0.05) is 49.2 Å². The zero-order valence-electron chi connectivity index (χ0n) is 20.2. The van der Waals surface area contributed by atoms with Crippen molar-refractivity contribution in [2.45, 2.75) is 19.8 Å². The van der Waals surface area contributed by atoms with Crippen LogP contribution in [-0.2, 0) is 6.42 Å². The summed E-state index contributed by atoms with van der Waals surface area (Å²) in [4.78, 5) is 21.9. The Labute approximate surface area is 220 Å². The highest BCUT2D eigenvalue weighted by molar-refractivity contribution is 6.31. The Morgan fingerprint density at radius 1 is 0.919 bits per heavy atom. The van der Waals surface area contributed by atoms with Gasteiger partial charge in [0.1, 0.15) is 5.75 Å². The zero-order chi connectivity index (χ0) is 25.6. The molecule has 0 atom stereocenters. The molecule has 0 spiro atoms. The summed E-state index contributed by atoms with van der Waals surface area (Å²) in [6, 6.07) is 27.7. The zero-order valence-corrected chi connectivity index (χ0v) is 21.0. The highest BCUT2D eigenvalue weighted by Crippen LogP contribution is 2.36. The molecule has 0 fully saturated rings. The lowest BCUT2D eigenvalue weighted by Crippen LogP contribution is -2.11. The van der Waals surface area contributed by atoms with Gasteiger partial charge in [0, 0.05) is 33.6 Å². The van der Waals surface area contributed by atoms with Gasteiger partial charge in [0.25, 0.3) is 5.91 Å². The number of aryl methyl sites for hydroxylation is 1. The van der Waals surface area contributed by atoms with Crippen molar-refractivity contribution in [3.05, 3.63) is 113 Å². The Morgan fingerprint density at radius 2 is 1.78 bits per heavy atom. The van der Waals surface area contributed by atoms with Crippen molar-refractivity contribution in [3.63, 3.8) is 0 Å². The van der Waals surface area contributed by atoms with Crippen LogP contribution in [0, 0.1) is 0 Å². The minimum absolute atomic E-state index is 0.218. The third-order valence-corrected chi connectivity index (χ3v) is 5.97. The van der Waals surface area contributed by atoms with E-state index in [2.05, 4.69) is 27.5 Å². The molecule has 6 nitrogen and oxygen atoms in total. The minimum Gasteiger partial charge on any atom is -0.455 e. The van der Waals surface area contributed by atoms with Crippen LogP contribution in [0.4, 0.5) is 17.1 Å². The number of ether oxygens (including phenoxy) is 1. The van der Waals surface area contributed by atoms with Gasteiger partial charge < -0.3 is 15.4 Å². The van der Waals surface area contributed by atoms with Gasteiger partial charge in [-0.3, -0.25) is 4.79 Å². The molecule has 1 amide bonds. The molecule has 0 aliphatic rings. The number of amides is 1. The van der Waals surface area contributed by atoms with E-state index in [4.69, 9.17) is 16.3 Å². The number of pyridine rings is 2. The number of fused-ring (bicyclic) bond motifs is 1. The third kappa shape index (κ3) is 5.88. The van der Waals surface area contributed by atoms with Crippen LogP contribution in [0.3, 0.4) is 0 Å². The molecule has 5 rings (SSSR count). The number of para-hydroxylation sites is 1. The first kappa shape index (κ1) is 24.3. The van der Waals surface area contributed by atoms with Crippen molar-refractivity contribution in [2.24, 2.45) is 0 Å². The molecule has 0 saturated heterocycles. The monoisotopic (exact) mass is 508 g/mol. The molecule has 37 heavy (non-hydrogen) atoms. The van der Waals surface area contributed by atoms with Gasteiger partial charge in [0.2, 0.25) is 0 Å². The van der Waals surface area contributed by atoms with Gasteiger partial charge >= 0.3 is 0 Å². The molecule has 184 valence electrons. The number of hydrogen-bond donors (Lipinski definition) is 2. The number of nitrogens with zero attached hydrogens (tertiary/aromatic N) is 2. The first-order valence-corrected chi connectivity index (χ1v) is 12.4. The number of carbonyl (C=O) groups excluding carboxylic acids is 1. The van der Waals surface area contributed by atoms with Gasteiger partial charge in [-0.2, -0.15) is 0 Å². The molecule has 3 aromatic carbocycles. The van der Waals surface area contributed by atoms with Gasteiger partial charge in [0.15, 0.2) is 11.4 Å². The third-order valence-electron chi connectivity index (χ3n) is 5.73. The second kappa shape index (κ2) is 11.1. The largest absolute Gasteiger partial charge is 0.455 e. The summed E-state index contributed by atoms with van der Waals surface area (Å²) in [5, 5.41) is 7.78. The summed E-state index contributed by atoms with van der Waals surface area (Å²) < 4.78 is 6.21. The van der Waals surface area contributed by atoms with Crippen molar-refractivity contribution in [1.82, 2.24) is 9.97 Å². The Hall–Kier alpha value is -4.42. The second-order valence-corrected chi connectivity index (χ2v) is 8.93. The standard InChI is InChI=1S/C30H25ClN4O2/c1-2-7-22-13-14-25-26(16-17-32-29(25)33-22)35-27-19-21(31)12-15-28(27)37-24-11-6-8-20(18-24)30(36)34-23-9-4-3-5-10-23/h3-6,8-19H,2,7H2,1H3,(H,34,36)(H,32,33,35). The molecule has 0 radical (unpaired) electrons. The molecule has 0 aliphatic heterocycles. The lowest BCUT2D eigenvalue weighted by atomic mass is 10.1. The van der Waals surface area contributed by atoms with Crippen LogP contribution in [0.1, 0.15) is 29.4 Å². The van der Waals surface area contributed by atoms with Gasteiger partial charge in [-0.15, -0.1) is 0 Å². The van der Waals surface area contributed by atoms with Crippen LogP contribution >= 0.6 is 11.6 Å². The van der Waals surface area contributed by atoms with Crippen molar-refractivity contribution in [2.75, 3.05) is 10.6 Å².